The Hall–Kier alpha value is -2.90. The maximum Gasteiger partial charge on any atom is 0.243 e. The van der Waals surface area contributed by atoms with E-state index in [1.807, 2.05) is 43.0 Å². The minimum absolute atomic E-state index is 0.00566. The van der Waals surface area contributed by atoms with Gasteiger partial charge in [-0.3, -0.25) is 14.4 Å². The summed E-state index contributed by atoms with van der Waals surface area (Å²) in [6.45, 7) is 10.7. The number of H-pyrrole nitrogens is 1. The van der Waals surface area contributed by atoms with Crippen molar-refractivity contribution in [1.29, 1.82) is 0 Å². The van der Waals surface area contributed by atoms with Gasteiger partial charge in [0.25, 0.3) is 0 Å². The molecule has 1 saturated heterocycles. The summed E-state index contributed by atoms with van der Waals surface area (Å²) in [6.07, 6.45) is 2.87. The third kappa shape index (κ3) is 6.79. The van der Waals surface area contributed by atoms with Crippen LogP contribution in [0, 0.1) is 5.41 Å². The zero-order valence-corrected chi connectivity index (χ0v) is 20.4. The number of fused-ring (bicyclic) bond motifs is 1. The van der Waals surface area contributed by atoms with Crippen LogP contribution in [-0.4, -0.2) is 51.2 Å². The lowest BCUT2D eigenvalue weighted by molar-refractivity contribution is -0.137. The predicted molar refractivity (Wildman–Crippen MR) is 128 cm³/mol. The van der Waals surface area contributed by atoms with E-state index in [-0.39, 0.29) is 35.6 Å². The van der Waals surface area contributed by atoms with E-state index in [0.29, 0.717) is 25.2 Å². The molecule has 3 N–H and O–H groups in total. The zero-order chi connectivity index (χ0) is 24.2. The third-order valence-corrected chi connectivity index (χ3v) is 6.18. The van der Waals surface area contributed by atoms with Crippen LogP contribution in [0.5, 0.6) is 0 Å². The van der Waals surface area contributed by atoms with Gasteiger partial charge in [-0.2, -0.15) is 0 Å². The van der Waals surface area contributed by atoms with Crippen LogP contribution < -0.4 is 10.6 Å². The molecule has 1 aromatic heterocycles. The molecule has 180 valence electrons. The second-order valence-electron chi connectivity index (χ2n) is 10.3. The highest BCUT2D eigenvalue weighted by molar-refractivity contribution is 5.92. The van der Waals surface area contributed by atoms with Gasteiger partial charge in [-0.15, -0.1) is 0 Å². The summed E-state index contributed by atoms with van der Waals surface area (Å²) in [6, 6.07) is 6.48. The maximum absolute atomic E-state index is 13.2. The number of nitrogens with zero attached hydrogens (tertiary/aromatic N) is 2. The Morgan fingerprint density at radius 1 is 1.21 bits per heavy atom. The lowest BCUT2D eigenvalue weighted by Gasteiger charge is -2.26. The van der Waals surface area contributed by atoms with Gasteiger partial charge in [0.05, 0.1) is 23.5 Å². The first-order valence-corrected chi connectivity index (χ1v) is 11.9. The molecule has 0 spiro atoms. The molecule has 1 aromatic carbocycles. The van der Waals surface area contributed by atoms with Crippen LogP contribution in [0.3, 0.4) is 0 Å². The van der Waals surface area contributed by atoms with Crippen LogP contribution in [0.2, 0.25) is 0 Å². The van der Waals surface area contributed by atoms with Crippen molar-refractivity contribution in [2.75, 3.05) is 6.54 Å². The molecule has 33 heavy (non-hydrogen) atoms. The summed E-state index contributed by atoms with van der Waals surface area (Å²) in [7, 11) is 0. The van der Waals surface area contributed by atoms with E-state index in [4.69, 9.17) is 0 Å². The molecule has 8 nitrogen and oxygen atoms in total. The fourth-order valence-corrected chi connectivity index (χ4v) is 4.12. The van der Waals surface area contributed by atoms with Crippen LogP contribution in [0.4, 0.5) is 0 Å². The summed E-state index contributed by atoms with van der Waals surface area (Å²) >= 11 is 0. The predicted octanol–water partition coefficient (Wildman–Crippen LogP) is 3.45. The van der Waals surface area contributed by atoms with E-state index in [1.54, 1.807) is 0 Å². The Morgan fingerprint density at radius 2 is 1.94 bits per heavy atom. The Balaban J connectivity index is 1.69. The molecule has 3 amide bonds. The monoisotopic (exact) mass is 455 g/mol. The molecule has 0 radical (unpaired) electrons. The van der Waals surface area contributed by atoms with E-state index in [0.717, 1.165) is 23.9 Å². The minimum Gasteiger partial charge on any atom is -0.345 e. The van der Waals surface area contributed by atoms with Crippen molar-refractivity contribution < 1.29 is 14.4 Å². The lowest BCUT2D eigenvalue weighted by Crippen LogP contribution is -2.50. The van der Waals surface area contributed by atoms with Gasteiger partial charge in [-0.05, 0) is 50.7 Å². The van der Waals surface area contributed by atoms with Gasteiger partial charge >= 0.3 is 0 Å². The van der Waals surface area contributed by atoms with Gasteiger partial charge in [0.2, 0.25) is 17.7 Å². The average molecular weight is 456 g/mol. The number of hydrogen-bond acceptors (Lipinski definition) is 4. The first kappa shape index (κ1) is 24.7. The van der Waals surface area contributed by atoms with Gasteiger partial charge in [-0.1, -0.05) is 32.9 Å². The van der Waals surface area contributed by atoms with E-state index in [9.17, 15) is 14.4 Å². The third-order valence-electron chi connectivity index (χ3n) is 6.18. The fraction of sp³-hybridized carbons (Fsp3) is 0.600. The molecule has 0 aliphatic carbocycles. The summed E-state index contributed by atoms with van der Waals surface area (Å²) in [4.78, 5) is 48.3. The Morgan fingerprint density at radius 3 is 2.58 bits per heavy atom. The van der Waals surface area contributed by atoms with Crippen LogP contribution >= 0.6 is 0 Å². The fourth-order valence-electron chi connectivity index (χ4n) is 4.12. The van der Waals surface area contributed by atoms with E-state index in [1.165, 1.54) is 0 Å². The quantitative estimate of drug-likeness (QED) is 0.567. The summed E-state index contributed by atoms with van der Waals surface area (Å²) in [5.74, 6) is -0.0782. The molecule has 3 atom stereocenters. The Labute approximate surface area is 195 Å². The molecule has 0 bridgehead atoms. The number of amides is 3. The number of carbonyl (C=O) groups excluding carboxylic acids is 3. The van der Waals surface area contributed by atoms with Crippen molar-refractivity contribution in [3.8, 4) is 0 Å². The molecule has 2 aromatic rings. The standard InChI is InChI=1S/C25H37N5O3/c1-16-9-8-14-30(16)22(32)15-20(27-21(31)12-13-25(3,4)5)24(33)26-17(2)23-28-18-10-6-7-11-19(18)29-23/h6-7,10-11,16-17,20H,8-9,12-15H2,1-5H3,(H,26,33)(H,27,31)(H,28,29)/t16-,17+,20+/m1/s1. The van der Waals surface area contributed by atoms with Crippen molar-refractivity contribution in [3.05, 3.63) is 30.1 Å². The van der Waals surface area contributed by atoms with Crippen molar-refractivity contribution in [1.82, 2.24) is 25.5 Å². The van der Waals surface area contributed by atoms with Gasteiger partial charge in [-0.25, -0.2) is 4.98 Å². The normalized spacial score (nSPS) is 18.2. The molecule has 1 aliphatic rings. The van der Waals surface area contributed by atoms with Crippen molar-refractivity contribution >= 4 is 28.8 Å². The van der Waals surface area contributed by atoms with Crippen LogP contribution in [0.1, 0.15) is 78.6 Å². The number of rotatable bonds is 8. The molecule has 0 saturated carbocycles. The van der Waals surface area contributed by atoms with Gasteiger partial charge in [0, 0.05) is 19.0 Å². The number of likely N-dealkylation sites (tertiary alicyclic amines) is 1. The van der Waals surface area contributed by atoms with E-state index >= 15 is 0 Å². The topological polar surface area (TPSA) is 107 Å². The Bertz CT molecular complexity index is 960. The zero-order valence-electron chi connectivity index (χ0n) is 20.4. The molecule has 1 fully saturated rings. The highest BCUT2D eigenvalue weighted by Gasteiger charge is 2.31. The number of carbonyl (C=O) groups is 3. The lowest BCUT2D eigenvalue weighted by atomic mass is 9.90. The minimum atomic E-state index is -0.926. The number of aromatic nitrogens is 2. The number of aromatic amines is 1. The number of hydrogen-bond donors (Lipinski definition) is 3. The number of para-hydroxylation sites is 2. The smallest absolute Gasteiger partial charge is 0.243 e. The molecule has 1 aliphatic heterocycles. The second kappa shape index (κ2) is 10.4. The molecule has 3 rings (SSSR count). The average Bonchev–Trinajstić information content (AvgIpc) is 3.37. The van der Waals surface area contributed by atoms with Crippen LogP contribution in [0.25, 0.3) is 11.0 Å². The molecular formula is C25H37N5O3. The maximum atomic E-state index is 13.2. The summed E-state index contributed by atoms with van der Waals surface area (Å²) < 4.78 is 0. The molecule has 0 unspecified atom stereocenters. The molecule has 8 heteroatoms. The molecule has 2 heterocycles. The van der Waals surface area contributed by atoms with Crippen molar-refractivity contribution in [2.24, 2.45) is 5.41 Å². The SMILES string of the molecule is C[C@H](NC(=O)[C@H](CC(=O)N1CCC[C@H]1C)NC(=O)CCC(C)(C)C)c1nc2ccccc2[nH]1. The largest absolute Gasteiger partial charge is 0.345 e. The van der Waals surface area contributed by atoms with Gasteiger partial charge in [0.15, 0.2) is 0 Å². The highest BCUT2D eigenvalue weighted by atomic mass is 16.2. The van der Waals surface area contributed by atoms with E-state index < -0.39 is 12.1 Å². The first-order chi connectivity index (χ1) is 15.5. The molecular weight excluding hydrogens is 418 g/mol. The van der Waals surface area contributed by atoms with Crippen LogP contribution in [-0.2, 0) is 14.4 Å². The number of nitrogens with one attached hydrogen (secondary N) is 3. The van der Waals surface area contributed by atoms with Crippen molar-refractivity contribution in [3.63, 3.8) is 0 Å². The summed E-state index contributed by atoms with van der Waals surface area (Å²) in [5.41, 5.74) is 1.71. The Kier molecular flexibility index (Phi) is 7.76. The number of imidazole rings is 1. The van der Waals surface area contributed by atoms with Gasteiger partial charge < -0.3 is 20.5 Å². The second-order valence-corrected chi connectivity index (χ2v) is 10.3. The first-order valence-electron chi connectivity index (χ1n) is 11.9. The van der Waals surface area contributed by atoms with Crippen LogP contribution in [0.15, 0.2) is 24.3 Å². The van der Waals surface area contributed by atoms with Gasteiger partial charge in [0.1, 0.15) is 11.9 Å². The highest BCUT2D eigenvalue weighted by Crippen LogP contribution is 2.21. The summed E-state index contributed by atoms with van der Waals surface area (Å²) in [5, 5.41) is 5.74. The van der Waals surface area contributed by atoms with E-state index in [2.05, 4.69) is 41.4 Å². The van der Waals surface area contributed by atoms with Crippen molar-refractivity contribution in [2.45, 2.75) is 84.8 Å². The number of benzene rings is 1.